The van der Waals surface area contributed by atoms with Crippen molar-refractivity contribution < 1.29 is 24.2 Å². The highest BCUT2D eigenvalue weighted by molar-refractivity contribution is 9.10. The van der Waals surface area contributed by atoms with Gasteiger partial charge in [-0.1, -0.05) is 39.3 Å². The predicted octanol–water partition coefficient (Wildman–Crippen LogP) is 6.38. The van der Waals surface area contributed by atoms with Gasteiger partial charge in [-0.05, 0) is 89.6 Å². The topological polar surface area (TPSA) is 96.9 Å². The summed E-state index contributed by atoms with van der Waals surface area (Å²) in [5.74, 6) is 0.384. The Bertz CT molecular complexity index is 1190. The van der Waals surface area contributed by atoms with E-state index in [2.05, 4.69) is 47.3 Å². The zero-order valence-corrected chi connectivity index (χ0v) is 24.0. The van der Waals surface area contributed by atoms with Gasteiger partial charge in [0.2, 0.25) is 5.91 Å². The number of fused-ring (bicyclic) bond motifs is 1. The fraction of sp³-hybridized carbons (Fsp3) is 0.571. The lowest BCUT2D eigenvalue weighted by Gasteiger charge is -2.28. The summed E-state index contributed by atoms with van der Waals surface area (Å²) in [7, 11) is 0. The molecule has 3 atom stereocenters. The molecule has 2 aliphatic carbocycles. The Balaban J connectivity index is 1.32. The molecule has 3 unspecified atom stereocenters. The number of carboxylic acid groups (broad SMARTS) is 1. The average Bonchev–Trinajstić information content (AvgIpc) is 3.15. The number of anilines is 1. The second-order valence-electron chi connectivity index (χ2n) is 11.3. The van der Waals surface area contributed by atoms with Crippen LogP contribution in [0.5, 0.6) is 5.75 Å². The van der Waals surface area contributed by atoms with Crippen molar-refractivity contribution >= 4 is 44.8 Å². The number of hydrogen-bond donors (Lipinski definition) is 3. The lowest BCUT2D eigenvalue weighted by Crippen LogP contribution is -2.34. The summed E-state index contributed by atoms with van der Waals surface area (Å²) in [6.07, 6.45) is 5.03. The van der Waals surface area contributed by atoms with E-state index < -0.39 is 5.97 Å². The zero-order valence-electron chi connectivity index (χ0n) is 21.6. The second kappa shape index (κ2) is 10.3. The molecule has 0 bridgehead atoms. The van der Waals surface area contributed by atoms with Crippen LogP contribution in [0.15, 0.2) is 28.7 Å². The van der Waals surface area contributed by atoms with E-state index in [0.717, 1.165) is 60.6 Å². The molecule has 3 N–H and O–H groups in total. The lowest BCUT2D eigenvalue weighted by atomic mass is 9.88. The number of piperidine rings is 1. The van der Waals surface area contributed by atoms with Crippen molar-refractivity contribution in [2.24, 2.45) is 23.2 Å². The van der Waals surface area contributed by atoms with Crippen molar-refractivity contribution in [3.05, 3.63) is 33.6 Å². The molecule has 1 aromatic heterocycles. The van der Waals surface area contributed by atoms with Gasteiger partial charge in [0.05, 0.1) is 15.0 Å². The second-order valence-corrected chi connectivity index (χ2v) is 13.1. The minimum atomic E-state index is -1.05. The number of hydrogen-bond acceptors (Lipinski definition) is 6. The molecule has 3 aliphatic rings. The number of nitrogens with one attached hydrogen (secondary N) is 2. The molecule has 2 aromatic rings. The molecule has 0 spiro atoms. The van der Waals surface area contributed by atoms with Gasteiger partial charge in [0, 0.05) is 11.6 Å². The van der Waals surface area contributed by atoms with Gasteiger partial charge in [-0.15, -0.1) is 11.3 Å². The molecular formula is C28H35BrN2O5S. The Hall–Kier alpha value is -1.94. The van der Waals surface area contributed by atoms with E-state index in [0.29, 0.717) is 22.0 Å². The normalized spacial score (nSPS) is 26.8. The summed E-state index contributed by atoms with van der Waals surface area (Å²) in [4.78, 5) is 25.7. The molecule has 7 nitrogen and oxygen atoms in total. The van der Waals surface area contributed by atoms with Gasteiger partial charge in [-0.3, -0.25) is 4.79 Å². The van der Waals surface area contributed by atoms with Crippen LogP contribution in [0.4, 0.5) is 5.69 Å². The zero-order chi connectivity index (χ0) is 26.4. The predicted molar refractivity (Wildman–Crippen MR) is 148 cm³/mol. The first-order valence-electron chi connectivity index (χ1n) is 13.1. The smallest absolute Gasteiger partial charge is 0.349 e. The van der Waals surface area contributed by atoms with Crippen LogP contribution in [0.3, 0.4) is 0 Å². The fourth-order valence-corrected chi connectivity index (χ4v) is 8.34. The summed E-state index contributed by atoms with van der Waals surface area (Å²) in [5, 5.41) is 16.2. The number of carbonyl (C=O) groups excluding carboxylic acids is 1. The molecule has 3 fully saturated rings. The number of carboxylic acids is 1. The molecule has 2 saturated carbocycles. The monoisotopic (exact) mass is 590 g/mol. The summed E-state index contributed by atoms with van der Waals surface area (Å²) in [6.45, 7) is 8.49. The number of amides is 1. The van der Waals surface area contributed by atoms with Crippen LogP contribution in [-0.2, 0) is 9.53 Å². The van der Waals surface area contributed by atoms with Crippen molar-refractivity contribution in [2.45, 2.75) is 58.5 Å². The first-order chi connectivity index (χ1) is 17.6. The van der Waals surface area contributed by atoms with Gasteiger partial charge in [-0.2, -0.15) is 0 Å². The van der Waals surface area contributed by atoms with E-state index in [4.69, 9.17) is 9.47 Å². The van der Waals surface area contributed by atoms with E-state index in [9.17, 15) is 14.7 Å². The maximum Gasteiger partial charge on any atom is 0.349 e. The standard InChI is InChI=1S/C28H35BrN2O5S/c1-16-7-8-20-27(2,3)28(20,14-16)36-15-35-22-21(29)23(37-24(22)26(33)34)18-5-4-6-19(13-18)31-25(32)17-9-11-30-12-10-17/h4-6,13,16-17,20,30H,7-12,14-15H2,1-3H3,(H,31,32)(H,33,34). The highest BCUT2D eigenvalue weighted by atomic mass is 79.9. The van der Waals surface area contributed by atoms with Gasteiger partial charge in [0.25, 0.3) is 0 Å². The van der Waals surface area contributed by atoms with Crippen LogP contribution in [0.25, 0.3) is 10.4 Å². The molecule has 2 heterocycles. The Morgan fingerprint density at radius 1 is 1.22 bits per heavy atom. The van der Waals surface area contributed by atoms with Crippen LogP contribution in [0.2, 0.25) is 0 Å². The highest BCUT2D eigenvalue weighted by Gasteiger charge is 2.73. The number of rotatable bonds is 8. The molecule has 1 aromatic carbocycles. The largest absolute Gasteiger partial charge is 0.477 e. The number of thiophene rings is 1. The summed E-state index contributed by atoms with van der Waals surface area (Å²) < 4.78 is 13.0. The molecule has 37 heavy (non-hydrogen) atoms. The van der Waals surface area contributed by atoms with Gasteiger partial charge < -0.3 is 25.2 Å². The van der Waals surface area contributed by atoms with E-state index >= 15 is 0 Å². The number of benzene rings is 1. The van der Waals surface area contributed by atoms with E-state index in [-0.39, 0.29) is 40.3 Å². The summed E-state index contributed by atoms with van der Waals surface area (Å²) in [6, 6.07) is 7.50. The third-order valence-corrected chi connectivity index (χ3v) is 10.9. The molecule has 9 heteroatoms. The third kappa shape index (κ3) is 4.95. The maximum atomic E-state index is 12.7. The lowest BCUT2D eigenvalue weighted by molar-refractivity contribution is -0.120. The van der Waals surface area contributed by atoms with E-state index in [1.54, 1.807) is 0 Å². The molecule has 1 saturated heterocycles. The Morgan fingerprint density at radius 3 is 2.70 bits per heavy atom. The molecule has 5 rings (SSSR count). The Kier molecular flexibility index (Phi) is 7.44. The van der Waals surface area contributed by atoms with Crippen LogP contribution in [-0.4, -0.2) is 42.5 Å². The van der Waals surface area contributed by atoms with E-state index in [1.807, 2.05) is 24.3 Å². The van der Waals surface area contributed by atoms with Gasteiger partial charge in [0.1, 0.15) is 0 Å². The fourth-order valence-electron chi connectivity index (χ4n) is 6.45. The first kappa shape index (κ1) is 26.7. The molecule has 1 amide bonds. The molecule has 200 valence electrons. The minimum Gasteiger partial charge on any atom is -0.477 e. The molecule has 1 aliphatic heterocycles. The number of carbonyl (C=O) groups is 2. The number of halogens is 1. The van der Waals surface area contributed by atoms with Gasteiger partial charge in [-0.25, -0.2) is 4.79 Å². The molecule has 0 radical (unpaired) electrons. The maximum absolute atomic E-state index is 12.7. The van der Waals surface area contributed by atoms with Crippen LogP contribution >= 0.6 is 27.3 Å². The SMILES string of the molecule is CC1CCC2C(C)(C)C2(OCOc2c(C(=O)O)sc(-c3cccc(NC(=O)C4CCNCC4)c3)c2Br)C1. The molecular weight excluding hydrogens is 556 g/mol. The van der Waals surface area contributed by atoms with Crippen molar-refractivity contribution in [2.75, 3.05) is 25.2 Å². The summed E-state index contributed by atoms with van der Waals surface area (Å²) >= 11 is 4.75. The van der Waals surface area contributed by atoms with Crippen molar-refractivity contribution in [3.8, 4) is 16.2 Å². The van der Waals surface area contributed by atoms with E-state index in [1.165, 1.54) is 6.42 Å². The van der Waals surface area contributed by atoms with Gasteiger partial charge in [0.15, 0.2) is 17.4 Å². The van der Waals surface area contributed by atoms with Crippen LogP contribution in [0, 0.1) is 23.2 Å². The Morgan fingerprint density at radius 2 is 1.97 bits per heavy atom. The van der Waals surface area contributed by atoms with Crippen molar-refractivity contribution in [3.63, 3.8) is 0 Å². The van der Waals surface area contributed by atoms with Gasteiger partial charge >= 0.3 is 5.97 Å². The Labute approximate surface area is 230 Å². The minimum absolute atomic E-state index is 0.000317. The number of aromatic carboxylic acids is 1. The first-order valence-corrected chi connectivity index (χ1v) is 14.7. The van der Waals surface area contributed by atoms with Crippen molar-refractivity contribution in [1.29, 1.82) is 0 Å². The quantitative estimate of drug-likeness (QED) is 0.308. The number of ether oxygens (including phenoxy) is 2. The summed E-state index contributed by atoms with van der Waals surface area (Å²) in [5.41, 5.74) is 1.41. The van der Waals surface area contributed by atoms with Crippen LogP contribution in [0.1, 0.15) is 62.5 Å². The van der Waals surface area contributed by atoms with Crippen molar-refractivity contribution in [1.82, 2.24) is 5.32 Å². The highest BCUT2D eigenvalue weighted by Crippen LogP contribution is 2.71. The third-order valence-electron chi connectivity index (χ3n) is 8.67. The van der Waals surface area contributed by atoms with Crippen LogP contribution < -0.4 is 15.4 Å². The average molecular weight is 592 g/mol.